The predicted molar refractivity (Wildman–Crippen MR) is 87.1 cm³/mol. The molecule has 0 aromatic heterocycles. The van der Waals surface area contributed by atoms with Gasteiger partial charge < -0.3 is 10.1 Å². The first-order valence-electron chi connectivity index (χ1n) is 7.35. The quantitative estimate of drug-likeness (QED) is 0.780. The van der Waals surface area contributed by atoms with Crippen molar-refractivity contribution in [2.75, 3.05) is 7.11 Å². The van der Waals surface area contributed by atoms with Crippen LogP contribution in [0.3, 0.4) is 0 Å². The molecule has 1 amide bonds. The van der Waals surface area contributed by atoms with E-state index in [1.165, 1.54) is 12.1 Å². The normalized spacial score (nSPS) is 13.0. The van der Waals surface area contributed by atoms with Gasteiger partial charge in [-0.3, -0.25) is 4.79 Å². The molecule has 1 N–H and O–H groups in total. The van der Waals surface area contributed by atoms with Crippen molar-refractivity contribution in [1.82, 2.24) is 5.32 Å². The van der Waals surface area contributed by atoms with Crippen molar-refractivity contribution in [1.29, 1.82) is 0 Å². The van der Waals surface area contributed by atoms with Crippen LogP contribution in [-0.4, -0.2) is 13.0 Å². The first-order valence-corrected chi connectivity index (χ1v) is 7.35. The fraction of sp³-hybridized carbons (Fsp3) is 0.105. The monoisotopic (exact) mass is 307 g/mol. The Morgan fingerprint density at radius 1 is 1.09 bits per heavy atom. The van der Waals surface area contributed by atoms with Gasteiger partial charge in [-0.2, -0.15) is 0 Å². The number of halogens is 1. The van der Waals surface area contributed by atoms with Crippen LogP contribution in [0, 0.1) is 5.82 Å². The number of carbonyl (C=O) groups excluding carboxylic acids is 1. The van der Waals surface area contributed by atoms with Gasteiger partial charge in [0.25, 0.3) is 5.91 Å². The maximum absolute atomic E-state index is 13.3. The molecule has 0 atom stereocenters. The van der Waals surface area contributed by atoms with Crippen molar-refractivity contribution in [3.8, 4) is 16.9 Å². The second-order valence-corrected chi connectivity index (χ2v) is 5.55. The molecule has 0 aliphatic carbocycles. The number of ether oxygens (including phenoxy) is 1. The molecule has 0 bridgehead atoms. The third-order valence-electron chi connectivity index (χ3n) is 4.26. The Morgan fingerprint density at radius 3 is 2.61 bits per heavy atom. The number of nitrogens with one attached hydrogen (secondary N) is 1. The number of hydrogen-bond acceptors (Lipinski definition) is 2. The molecule has 3 aromatic carbocycles. The Hall–Kier alpha value is -2.88. The van der Waals surface area contributed by atoms with E-state index in [1.807, 2.05) is 24.3 Å². The molecule has 4 heteroatoms. The highest BCUT2D eigenvalue weighted by Crippen LogP contribution is 2.38. The van der Waals surface area contributed by atoms with Gasteiger partial charge in [-0.1, -0.05) is 18.2 Å². The minimum Gasteiger partial charge on any atom is -0.497 e. The van der Waals surface area contributed by atoms with Crippen LogP contribution in [0.15, 0.2) is 48.5 Å². The molecule has 23 heavy (non-hydrogen) atoms. The van der Waals surface area contributed by atoms with Crippen LogP contribution in [0.2, 0.25) is 0 Å². The summed E-state index contributed by atoms with van der Waals surface area (Å²) in [7, 11) is 1.62. The van der Waals surface area contributed by atoms with Crippen LogP contribution < -0.4 is 10.1 Å². The Bertz CT molecular complexity index is 932. The Morgan fingerprint density at radius 2 is 1.87 bits per heavy atom. The van der Waals surface area contributed by atoms with Gasteiger partial charge in [-0.15, -0.1) is 0 Å². The number of fused-ring (bicyclic) bond motifs is 2. The lowest BCUT2D eigenvalue weighted by Crippen LogP contribution is -2.12. The Labute approximate surface area is 132 Å². The van der Waals surface area contributed by atoms with Crippen molar-refractivity contribution in [3.05, 3.63) is 65.5 Å². The number of hydrogen-bond donors (Lipinski definition) is 1. The number of carbonyl (C=O) groups is 1. The molecule has 3 nitrogen and oxygen atoms in total. The van der Waals surface area contributed by atoms with Crippen molar-refractivity contribution >= 4 is 16.7 Å². The number of rotatable bonds is 2. The van der Waals surface area contributed by atoms with Crippen LogP contribution in [0.4, 0.5) is 4.39 Å². The smallest absolute Gasteiger partial charge is 0.251 e. The summed E-state index contributed by atoms with van der Waals surface area (Å²) in [6, 6.07) is 14.0. The third kappa shape index (κ3) is 2.14. The molecule has 0 unspecified atom stereocenters. The molecule has 1 heterocycles. The topological polar surface area (TPSA) is 38.3 Å². The fourth-order valence-electron chi connectivity index (χ4n) is 3.14. The molecule has 1 aliphatic rings. The lowest BCUT2D eigenvalue weighted by molar-refractivity contribution is 0.0966. The highest BCUT2D eigenvalue weighted by Gasteiger charge is 2.24. The van der Waals surface area contributed by atoms with Crippen molar-refractivity contribution in [2.24, 2.45) is 0 Å². The van der Waals surface area contributed by atoms with Gasteiger partial charge in [-0.25, -0.2) is 4.39 Å². The van der Waals surface area contributed by atoms with Crippen LogP contribution >= 0.6 is 0 Å². The van der Waals surface area contributed by atoms with Gasteiger partial charge in [0.1, 0.15) is 11.6 Å². The number of benzene rings is 3. The molecule has 0 spiro atoms. The summed E-state index contributed by atoms with van der Waals surface area (Å²) in [5.74, 6) is 0.400. The van der Waals surface area contributed by atoms with Crippen LogP contribution in [0.1, 0.15) is 15.9 Å². The van der Waals surface area contributed by atoms with E-state index in [0.717, 1.165) is 33.2 Å². The van der Waals surface area contributed by atoms with E-state index in [4.69, 9.17) is 4.74 Å². The summed E-state index contributed by atoms with van der Waals surface area (Å²) in [4.78, 5) is 12.1. The van der Waals surface area contributed by atoms with Gasteiger partial charge in [0, 0.05) is 12.1 Å². The first kappa shape index (κ1) is 13.8. The predicted octanol–water partition coefficient (Wildman–Crippen LogP) is 3.90. The van der Waals surface area contributed by atoms with Gasteiger partial charge in [0.05, 0.1) is 7.11 Å². The summed E-state index contributed by atoms with van der Waals surface area (Å²) in [5.41, 5.74) is 3.47. The van der Waals surface area contributed by atoms with E-state index in [9.17, 15) is 9.18 Å². The average Bonchev–Trinajstić information content (AvgIpc) is 2.94. The highest BCUT2D eigenvalue weighted by atomic mass is 19.1. The zero-order valence-corrected chi connectivity index (χ0v) is 12.5. The third-order valence-corrected chi connectivity index (χ3v) is 4.26. The molecule has 1 aliphatic heterocycles. The van der Waals surface area contributed by atoms with Crippen LogP contribution in [0.25, 0.3) is 21.9 Å². The zero-order chi connectivity index (χ0) is 16.0. The summed E-state index contributed by atoms with van der Waals surface area (Å²) < 4.78 is 18.6. The van der Waals surface area contributed by atoms with Crippen molar-refractivity contribution < 1.29 is 13.9 Å². The summed E-state index contributed by atoms with van der Waals surface area (Å²) >= 11 is 0. The van der Waals surface area contributed by atoms with Crippen LogP contribution in [0.5, 0.6) is 5.75 Å². The molecule has 0 fully saturated rings. The SMILES string of the molecule is COc1ccc2cc3c(c(-c4ccc(F)cc4)c2c1)CNC3=O. The fourth-order valence-corrected chi connectivity index (χ4v) is 3.14. The lowest BCUT2D eigenvalue weighted by Gasteiger charge is -2.13. The van der Waals surface area contributed by atoms with E-state index in [0.29, 0.717) is 12.1 Å². The summed E-state index contributed by atoms with van der Waals surface area (Å²) in [6.07, 6.45) is 0. The van der Waals surface area contributed by atoms with Gasteiger partial charge in [0.15, 0.2) is 0 Å². The Kier molecular flexibility index (Phi) is 3.05. The minimum absolute atomic E-state index is 0.0684. The van der Waals surface area contributed by atoms with E-state index in [1.54, 1.807) is 19.2 Å². The molecule has 114 valence electrons. The standard InChI is InChI=1S/C19H14FNO2/c1-23-14-7-4-12-8-16-17(10-21-19(16)22)18(15(12)9-14)11-2-5-13(20)6-3-11/h2-9H,10H2,1H3,(H,21,22). The average molecular weight is 307 g/mol. The summed E-state index contributed by atoms with van der Waals surface area (Å²) in [6.45, 7) is 0.480. The number of amides is 1. The van der Waals surface area contributed by atoms with Crippen LogP contribution in [-0.2, 0) is 6.54 Å². The second kappa shape index (κ2) is 5.09. The zero-order valence-electron chi connectivity index (χ0n) is 12.5. The molecular formula is C19H14FNO2. The van der Waals surface area contributed by atoms with E-state index >= 15 is 0 Å². The number of methoxy groups -OCH3 is 1. The van der Waals surface area contributed by atoms with Crippen molar-refractivity contribution in [3.63, 3.8) is 0 Å². The van der Waals surface area contributed by atoms with Gasteiger partial charge >= 0.3 is 0 Å². The largest absolute Gasteiger partial charge is 0.497 e. The molecule has 0 radical (unpaired) electrons. The van der Waals surface area contributed by atoms with Gasteiger partial charge in [-0.05, 0) is 57.8 Å². The first-order chi connectivity index (χ1) is 11.2. The lowest BCUT2D eigenvalue weighted by atomic mass is 9.90. The van der Waals surface area contributed by atoms with Gasteiger partial charge in [0.2, 0.25) is 0 Å². The maximum Gasteiger partial charge on any atom is 0.251 e. The molecule has 0 saturated carbocycles. The Balaban J connectivity index is 2.10. The molecule has 4 rings (SSSR count). The maximum atomic E-state index is 13.3. The minimum atomic E-state index is -0.280. The summed E-state index contributed by atoms with van der Waals surface area (Å²) in [5, 5.41) is 4.82. The highest BCUT2D eigenvalue weighted by molar-refractivity contribution is 6.09. The molecule has 3 aromatic rings. The van der Waals surface area contributed by atoms with E-state index in [2.05, 4.69) is 5.32 Å². The van der Waals surface area contributed by atoms with Crippen molar-refractivity contribution in [2.45, 2.75) is 6.54 Å². The molecule has 0 saturated heterocycles. The second-order valence-electron chi connectivity index (χ2n) is 5.55. The van der Waals surface area contributed by atoms with E-state index in [-0.39, 0.29) is 11.7 Å². The molecular weight excluding hydrogens is 293 g/mol. The van der Waals surface area contributed by atoms with E-state index < -0.39 is 0 Å².